The predicted octanol–water partition coefficient (Wildman–Crippen LogP) is 15.8. The van der Waals surface area contributed by atoms with Gasteiger partial charge in [0.25, 0.3) is 0 Å². The minimum Gasteiger partial charge on any atom is -0.456 e. The summed E-state index contributed by atoms with van der Waals surface area (Å²) in [5.41, 5.74) is 16.5. The summed E-state index contributed by atoms with van der Waals surface area (Å²) in [6, 6.07) is 59.8. The molecule has 0 spiro atoms. The summed E-state index contributed by atoms with van der Waals surface area (Å²) in [5, 5.41) is 9.38. The van der Waals surface area contributed by atoms with Gasteiger partial charge in [0, 0.05) is 38.7 Å². The van der Waals surface area contributed by atoms with Crippen molar-refractivity contribution in [3.63, 3.8) is 0 Å². The molecule has 2 aromatic heterocycles. The maximum atomic E-state index is 7.19. The zero-order valence-electron chi connectivity index (χ0n) is 32.7. The minimum absolute atomic E-state index is 0.167. The van der Waals surface area contributed by atoms with Gasteiger partial charge in [-0.05, 0) is 133 Å². The van der Waals surface area contributed by atoms with Crippen LogP contribution in [0.1, 0.15) is 36.1 Å². The predicted molar refractivity (Wildman–Crippen MR) is 246 cm³/mol. The average Bonchev–Trinajstić information content (AvgIpc) is 3.90. The molecule has 11 aromatic rings. The number of hydrogen-bond acceptors (Lipinski definition) is 3. The molecule has 0 fully saturated rings. The molecule has 0 radical (unpaired) electrons. The molecular weight excluding hydrogens is 719 g/mol. The van der Waals surface area contributed by atoms with E-state index in [-0.39, 0.29) is 5.41 Å². The third kappa shape index (κ3) is 4.64. The van der Waals surface area contributed by atoms with Crippen molar-refractivity contribution < 1.29 is 8.83 Å². The first-order chi connectivity index (χ1) is 29.0. The van der Waals surface area contributed by atoms with E-state index in [0.717, 1.165) is 78.3 Å². The van der Waals surface area contributed by atoms with Gasteiger partial charge in [-0.1, -0.05) is 123 Å². The standard InChI is InChI=1S/C56H37NO2/c1-56(2)47-19-7-5-17-42(47)43-23-21-39(31-48(43)56)57(40-22-24-45-44-18-6-8-20-50(44)58-52(45)32-40)49-26-25-41(38-27-36-15-9-13-33-14-10-16-37(28-38)53(33)36)54-46-29-34-11-3-4-12-35(34)30-51(46)59-55(49)54/h3-13,15-32H,14H2,1-2H3. The largest absolute Gasteiger partial charge is 0.456 e. The molecule has 0 N–H and O–H groups in total. The second-order valence-electron chi connectivity index (χ2n) is 16.8. The molecule has 0 atom stereocenters. The summed E-state index contributed by atoms with van der Waals surface area (Å²) in [4.78, 5) is 2.37. The van der Waals surface area contributed by atoms with E-state index in [1.165, 1.54) is 55.1 Å². The van der Waals surface area contributed by atoms with Crippen molar-refractivity contribution in [2.24, 2.45) is 0 Å². The first-order valence-electron chi connectivity index (χ1n) is 20.5. The zero-order valence-corrected chi connectivity index (χ0v) is 32.7. The lowest BCUT2D eigenvalue weighted by Crippen LogP contribution is -2.16. The molecule has 0 bridgehead atoms. The van der Waals surface area contributed by atoms with Crippen LogP contribution in [0.25, 0.3) is 93.8 Å². The van der Waals surface area contributed by atoms with Crippen molar-refractivity contribution >= 4 is 88.6 Å². The van der Waals surface area contributed by atoms with Gasteiger partial charge in [-0.15, -0.1) is 0 Å². The Balaban J connectivity index is 1.11. The van der Waals surface area contributed by atoms with Gasteiger partial charge in [0.15, 0.2) is 5.58 Å². The van der Waals surface area contributed by atoms with E-state index in [0.29, 0.717) is 0 Å². The highest BCUT2D eigenvalue weighted by atomic mass is 16.3. The molecule has 0 amide bonds. The fourth-order valence-electron chi connectivity index (χ4n) is 10.4. The third-order valence-electron chi connectivity index (χ3n) is 13.2. The van der Waals surface area contributed by atoms with Gasteiger partial charge >= 0.3 is 0 Å². The Morgan fingerprint density at radius 2 is 1.22 bits per heavy atom. The normalized spacial score (nSPS) is 13.9. The lowest BCUT2D eigenvalue weighted by Gasteiger charge is -2.28. The Morgan fingerprint density at radius 1 is 0.492 bits per heavy atom. The van der Waals surface area contributed by atoms with Gasteiger partial charge in [-0.3, -0.25) is 0 Å². The number of rotatable bonds is 4. The van der Waals surface area contributed by atoms with E-state index in [4.69, 9.17) is 8.83 Å². The Kier molecular flexibility index (Phi) is 6.56. The van der Waals surface area contributed by atoms with Crippen LogP contribution in [-0.4, -0.2) is 0 Å². The Morgan fingerprint density at radius 3 is 2.15 bits per heavy atom. The Labute approximate surface area is 341 Å². The van der Waals surface area contributed by atoms with Crippen molar-refractivity contribution in [2.75, 3.05) is 4.90 Å². The summed E-state index contributed by atoms with van der Waals surface area (Å²) in [6.07, 6.45) is 5.53. The van der Waals surface area contributed by atoms with Gasteiger partial charge in [0.2, 0.25) is 0 Å². The highest BCUT2D eigenvalue weighted by Crippen LogP contribution is 2.52. The van der Waals surface area contributed by atoms with Crippen LogP contribution in [0.15, 0.2) is 179 Å². The van der Waals surface area contributed by atoms with E-state index >= 15 is 0 Å². The van der Waals surface area contributed by atoms with Gasteiger partial charge in [-0.2, -0.15) is 0 Å². The van der Waals surface area contributed by atoms with Crippen LogP contribution in [0.3, 0.4) is 0 Å². The molecule has 13 rings (SSSR count). The van der Waals surface area contributed by atoms with Crippen LogP contribution >= 0.6 is 0 Å². The number of furan rings is 2. The molecule has 3 heteroatoms. The molecule has 0 aliphatic heterocycles. The molecule has 0 saturated heterocycles. The van der Waals surface area contributed by atoms with Crippen LogP contribution in [0.4, 0.5) is 17.1 Å². The van der Waals surface area contributed by atoms with Crippen LogP contribution < -0.4 is 4.90 Å². The molecule has 3 nitrogen and oxygen atoms in total. The van der Waals surface area contributed by atoms with Crippen molar-refractivity contribution in [1.29, 1.82) is 0 Å². The number of para-hydroxylation sites is 1. The first kappa shape index (κ1) is 32.7. The maximum Gasteiger partial charge on any atom is 0.160 e. The van der Waals surface area contributed by atoms with Crippen LogP contribution in [-0.2, 0) is 11.8 Å². The Hall–Kier alpha value is -7.36. The first-order valence-corrected chi connectivity index (χ1v) is 20.5. The van der Waals surface area contributed by atoms with Gasteiger partial charge in [-0.25, -0.2) is 0 Å². The maximum absolute atomic E-state index is 7.19. The number of allylic oxidation sites excluding steroid dienone is 1. The van der Waals surface area contributed by atoms with Crippen molar-refractivity contribution in [3.05, 3.63) is 192 Å². The molecule has 59 heavy (non-hydrogen) atoms. The highest BCUT2D eigenvalue weighted by Gasteiger charge is 2.36. The Bertz CT molecular complexity index is 3630. The number of hydrogen-bond donors (Lipinski definition) is 0. The molecule has 278 valence electrons. The molecule has 2 heterocycles. The average molecular weight is 756 g/mol. The van der Waals surface area contributed by atoms with E-state index in [2.05, 4.69) is 183 Å². The molecule has 0 saturated carbocycles. The lowest BCUT2D eigenvalue weighted by atomic mass is 9.82. The van der Waals surface area contributed by atoms with Gasteiger partial charge in [0.05, 0.1) is 11.4 Å². The van der Waals surface area contributed by atoms with Crippen molar-refractivity contribution in [1.82, 2.24) is 0 Å². The fourth-order valence-corrected chi connectivity index (χ4v) is 10.4. The quantitative estimate of drug-likeness (QED) is 0.179. The number of benzene rings is 9. The SMILES string of the molecule is CC1(C)c2ccccc2-c2ccc(N(c3ccc4c(c3)oc3ccccc34)c3ccc(-c4cc5c6c(cccc6c4)CC=C5)c4c3oc3cc5ccccc5cc34)cc21. The summed E-state index contributed by atoms with van der Waals surface area (Å²) in [6.45, 7) is 4.69. The molecule has 2 aliphatic rings. The van der Waals surface area contributed by atoms with Gasteiger partial charge in [0.1, 0.15) is 16.7 Å². The van der Waals surface area contributed by atoms with Crippen LogP contribution in [0.2, 0.25) is 0 Å². The van der Waals surface area contributed by atoms with Crippen LogP contribution in [0.5, 0.6) is 0 Å². The topological polar surface area (TPSA) is 29.5 Å². The monoisotopic (exact) mass is 755 g/mol. The number of anilines is 3. The van der Waals surface area contributed by atoms with E-state index in [9.17, 15) is 0 Å². The third-order valence-corrected chi connectivity index (χ3v) is 13.2. The second-order valence-corrected chi connectivity index (χ2v) is 16.8. The smallest absolute Gasteiger partial charge is 0.160 e. The summed E-state index contributed by atoms with van der Waals surface area (Å²) >= 11 is 0. The van der Waals surface area contributed by atoms with Crippen LogP contribution in [0, 0.1) is 0 Å². The number of fused-ring (bicyclic) bond motifs is 10. The van der Waals surface area contributed by atoms with E-state index < -0.39 is 0 Å². The summed E-state index contributed by atoms with van der Waals surface area (Å²) < 4.78 is 13.7. The molecule has 0 unspecified atom stereocenters. The lowest BCUT2D eigenvalue weighted by molar-refractivity contribution is 0.660. The zero-order chi connectivity index (χ0) is 39.0. The molecule has 2 aliphatic carbocycles. The van der Waals surface area contributed by atoms with Crippen molar-refractivity contribution in [2.45, 2.75) is 25.7 Å². The fraction of sp³-hybridized carbons (Fsp3) is 0.0714. The minimum atomic E-state index is -0.167. The number of nitrogens with zero attached hydrogens (tertiary/aromatic N) is 1. The summed E-state index contributed by atoms with van der Waals surface area (Å²) in [7, 11) is 0. The molecular formula is C56H37NO2. The second kappa shape index (κ2) is 11.8. The van der Waals surface area contributed by atoms with Crippen molar-refractivity contribution in [3.8, 4) is 22.3 Å². The van der Waals surface area contributed by atoms with E-state index in [1.807, 2.05) is 12.1 Å². The summed E-state index contributed by atoms with van der Waals surface area (Å²) in [5.74, 6) is 0. The molecule has 9 aromatic carbocycles. The van der Waals surface area contributed by atoms with E-state index in [1.54, 1.807) is 0 Å². The highest BCUT2D eigenvalue weighted by molar-refractivity contribution is 6.20. The van der Waals surface area contributed by atoms with Gasteiger partial charge < -0.3 is 13.7 Å².